The Morgan fingerprint density at radius 3 is 2.47 bits per heavy atom. The van der Waals surface area contributed by atoms with Crippen LogP contribution in [0.4, 0.5) is 5.69 Å². The number of fused-ring (bicyclic) bond motifs is 1. The second kappa shape index (κ2) is 10.4. The van der Waals surface area contributed by atoms with Crippen molar-refractivity contribution in [1.29, 1.82) is 0 Å². The molecule has 1 saturated carbocycles. The summed E-state index contributed by atoms with van der Waals surface area (Å²) in [6.45, 7) is 5.33. The van der Waals surface area contributed by atoms with E-state index >= 15 is 0 Å². The van der Waals surface area contributed by atoms with Crippen molar-refractivity contribution >= 4 is 16.6 Å². The van der Waals surface area contributed by atoms with Crippen molar-refractivity contribution in [2.45, 2.75) is 89.2 Å². The van der Waals surface area contributed by atoms with Gasteiger partial charge < -0.3 is 10.6 Å². The lowest BCUT2D eigenvalue weighted by Gasteiger charge is -2.57. The Balaban J connectivity index is 1.50. The Bertz CT molecular complexity index is 945. The van der Waals surface area contributed by atoms with Gasteiger partial charge in [-0.25, -0.2) is 9.80 Å². The molecule has 1 aromatic heterocycles. The zero-order valence-corrected chi connectivity index (χ0v) is 20.6. The molecule has 5 rings (SSSR count). The first-order chi connectivity index (χ1) is 16.6. The first-order valence-electron chi connectivity index (χ1n) is 13.3. The summed E-state index contributed by atoms with van der Waals surface area (Å²) in [6, 6.07) is 11.3. The van der Waals surface area contributed by atoms with Crippen LogP contribution < -0.4 is 22.1 Å². The normalized spacial score (nSPS) is 30.8. The Labute approximate surface area is 204 Å². The first kappa shape index (κ1) is 23.9. The molecule has 1 aromatic carbocycles. The van der Waals surface area contributed by atoms with Crippen LogP contribution in [0.1, 0.15) is 58.3 Å². The highest BCUT2D eigenvalue weighted by atomic mass is 15.7. The summed E-state index contributed by atoms with van der Waals surface area (Å²) in [4.78, 5) is 13.9. The Morgan fingerprint density at radius 2 is 1.71 bits per heavy atom. The fraction of sp³-hybridized carbons (Fsp3) is 0.654. The van der Waals surface area contributed by atoms with Crippen LogP contribution in [0.5, 0.6) is 0 Å². The number of likely N-dealkylation sites (N-methyl/N-ethyl adjacent to an activating group) is 1. The number of pyridine rings is 1. The van der Waals surface area contributed by atoms with Gasteiger partial charge in [-0.2, -0.15) is 0 Å². The Hall–Kier alpha value is -1.81. The van der Waals surface area contributed by atoms with E-state index in [1.807, 2.05) is 12.3 Å². The predicted octanol–water partition coefficient (Wildman–Crippen LogP) is 2.59. The third kappa shape index (κ3) is 4.55. The Kier molecular flexibility index (Phi) is 7.34. The Morgan fingerprint density at radius 1 is 0.912 bits per heavy atom. The molecule has 3 fully saturated rings. The molecule has 2 aromatic rings. The van der Waals surface area contributed by atoms with Crippen LogP contribution in [0.25, 0.3) is 10.9 Å². The number of likely N-dealkylation sites (tertiary alicyclic amines) is 1. The SMILES string of the molecule is CCN1CCCC1CN1C(N)N(c2ccc3ncccc3c2)C(N)N(C2CCCCCC2)C1N. The van der Waals surface area contributed by atoms with Gasteiger partial charge in [0, 0.05) is 35.9 Å². The summed E-state index contributed by atoms with van der Waals surface area (Å²) in [6.07, 6.45) is 10.6. The van der Waals surface area contributed by atoms with Crippen LogP contribution >= 0.6 is 0 Å². The van der Waals surface area contributed by atoms with Crippen molar-refractivity contribution in [2.24, 2.45) is 17.2 Å². The minimum absolute atomic E-state index is 0.286. The number of benzene rings is 1. The largest absolute Gasteiger partial charge is 0.315 e. The number of aromatic nitrogens is 1. The van der Waals surface area contributed by atoms with Gasteiger partial charge in [0.1, 0.15) is 18.9 Å². The van der Waals surface area contributed by atoms with Gasteiger partial charge in [0.15, 0.2) is 0 Å². The monoisotopic (exact) mass is 466 g/mol. The second-order valence-electron chi connectivity index (χ2n) is 10.2. The van der Waals surface area contributed by atoms with Crippen molar-refractivity contribution < 1.29 is 0 Å². The molecule has 34 heavy (non-hydrogen) atoms. The van der Waals surface area contributed by atoms with Crippen LogP contribution in [0.15, 0.2) is 36.5 Å². The van der Waals surface area contributed by atoms with Crippen LogP contribution in [-0.4, -0.2) is 70.3 Å². The molecular formula is C26H42N8. The van der Waals surface area contributed by atoms with Crippen molar-refractivity contribution in [3.05, 3.63) is 36.5 Å². The maximum atomic E-state index is 7.03. The zero-order chi connectivity index (χ0) is 23.7. The van der Waals surface area contributed by atoms with Crippen molar-refractivity contribution in [1.82, 2.24) is 19.7 Å². The van der Waals surface area contributed by atoms with E-state index in [0.717, 1.165) is 49.1 Å². The number of nitrogens with zero attached hydrogens (tertiary/aromatic N) is 5. The van der Waals surface area contributed by atoms with E-state index < -0.39 is 0 Å². The lowest BCUT2D eigenvalue weighted by Crippen LogP contribution is -2.80. The lowest BCUT2D eigenvalue weighted by molar-refractivity contribution is -0.0917. The third-order valence-corrected chi connectivity index (χ3v) is 8.32. The number of anilines is 1. The molecule has 4 unspecified atom stereocenters. The molecule has 186 valence electrons. The van der Waals surface area contributed by atoms with E-state index in [1.165, 1.54) is 38.5 Å². The average molecular weight is 467 g/mol. The fourth-order valence-corrected chi connectivity index (χ4v) is 6.44. The highest BCUT2D eigenvalue weighted by molar-refractivity contribution is 5.82. The molecule has 0 radical (unpaired) electrons. The zero-order valence-electron chi connectivity index (χ0n) is 20.6. The standard InChI is InChI=1S/C26H42N8/c1-2-31-16-8-12-22(31)18-32-24(27)33(20-10-5-3-4-6-11-20)26(29)34(25(32)28)21-13-14-23-19(17-21)9-7-15-30-23/h7,9,13-15,17,20,22,24-26H,2-6,8,10-12,16,18,27-29H2,1H3. The van der Waals surface area contributed by atoms with E-state index in [2.05, 4.69) is 55.8 Å². The highest BCUT2D eigenvalue weighted by Crippen LogP contribution is 2.33. The maximum Gasteiger partial charge on any atom is 0.139 e. The van der Waals surface area contributed by atoms with E-state index in [0.29, 0.717) is 12.1 Å². The summed E-state index contributed by atoms with van der Waals surface area (Å²) in [5.74, 6) is 0. The molecule has 8 nitrogen and oxygen atoms in total. The molecule has 1 aliphatic carbocycles. The molecule has 3 heterocycles. The minimum atomic E-state index is -0.388. The van der Waals surface area contributed by atoms with E-state index in [1.54, 1.807) is 0 Å². The summed E-state index contributed by atoms with van der Waals surface area (Å²) >= 11 is 0. The van der Waals surface area contributed by atoms with Crippen molar-refractivity contribution in [3.63, 3.8) is 0 Å². The van der Waals surface area contributed by atoms with Crippen LogP contribution in [0, 0.1) is 0 Å². The molecule has 6 N–H and O–H groups in total. The van der Waals surface area contributed by atoms with E-state index in [4.69, 9.17) is 17.2 Å². The van der Waals surface area contributed by atoms with Gasteiger partial charge in [0.25, 0.3) is 0 Å². The van der Waals surface area contributed by atoms with Crippen LogP contribution in [0.3, 0.4) is 0 Å². The van der Waals surface area contributed by atoms with Gasteiger partial charge in [-0.3, -0.25) is 21.4 Å². The predicted molar refractivity (Wildman–Crippen MR) is 138 cm³/mol. The molecule has 0 spiro atoms. The number of hydrogen-bond donors (Lipinski definition) is 3. The fourth-order valence-electron chi connectivity index (χ4n) is 6.44. The van der Waals surface area contributed by atoms with E-state index in [-0.39, 0.29) is 18.9 Å². The topological polar surface area (TPSA) is 104 Å². The summed E-state index contributed by atoms with van der Waals surface area (Å²) in [5, 5.41) is 1.09. The van der Waals surface area contributed by atoms with Gasteiger partial charge in [0.2, 0.25) is 0 Å². The highest BCUT2D eigenvalue weighted by Gasteiger charge is 2.46. The van der Waals surface area contributed by atoms with Gasteiger partial charge in [-0.1, -0.05) is 38.7 Å². The molecule has 0 bridgehead atoms. The van der Waals surface area contributed by atoms with Gasteiger partial charge in [0.05, 0.1) is 5.52 Å². The molecule has 8 heteroatoms. The quantitative estimate of drug-likeness (QED) is 0.578. The summed E-state index contributed by atoms with van der Waals surface area (Å²) < 4.78 is 0. The molecular weight excluding hydrogens is 424 g/mol. The number of rotatable bonds is 5. The second-order valence-corrected chi connectivity index (χ2v) is 10.2. The van der Waals surface area contributed by atoms with E-state index in [9.17, 15) is 0 Å². The molecule has 2 aliphatic heterocycles. The van der Waals surface area contributed by atoms with Gasteiger partial charge in [-0.05, 0) is 63.0 Å². The molecule has 2 saturated heterocycles. The number of nitrogens with two attached hydrogens (primary N) is 3. The lowest BCUT2D eigenvalue weighted by atomic mass is 10.1. The maximum absolute atomic E-state index is 7.03. The van der Waals surface area contributed by atoms with Crippen LogP contribution in [-0.2, 0) is 0 Å². The third-order valence-electron chi connectivity index (χ3n) is 8.32. The summed E-state index contributed by atoms with van der Waals surface area (Å²) in [5.41, 5.74) is 23.0. The molecule has 0 amide bonds. The first-order valence-corrected chi connectivity index (χ1v) is 13.3. The smallest absolute Gasteiger partial charge is 0.139 e. The van der Waals surface area contributed by atoms with Crippen molar-refractivity contribution in [3.8, 4) is 0 Å². The van der Waals surface area contributed by atoms with Gasteiger partial charge in [-0.15, -0.1) is 0 Å². The minimum Gasteiger partial charge on any atom is -0.315 e. The van der Waals surface area contributed by atoms with Crippen molar-refractivity contribution in [2.75, 3.05) is 24.5 Å². The molecule has 3 aliphatic rings. The van der Waals surface area contributed by atoms with Gasteiger partial charge >= 0.3 is 0 Å². The molecule has 4 atom stereocenters. The van der Waals surface area contributed by atoms with Crippen LogP contribution in [0.2, 0.25) is 0 Å². The number of hydrogen-bond acceptors (Lipinski definition) is 8. The average Bonchev–Trinajstić information content (AvgIpc) is 3.14. The summed E-state index contributed by atoms with van der Waals surface area (Å²) in [7, 11) is 0.